The SMILES string of the molecule is CC(C)COCCOCc1ccc([N+](=O)[O-])c(N)c1. The first-order valence-electron chi connectivity index (χ1n) is 6.19. The Balaban J connectivity index is 2.30. The minimum absolute atomic E-state index is 0.0796. The van der Waals surface area contributed by atoms with Crippen LogP contribution in [0.5, 0.6) is 0 Å². The number of benzene rings is 1. The van der Waals surface area contributed by atoms with Crippen molar-refractivity contribution in [3.05, 3.63) is 33.9 Å². The van der Waals surface area contributed by atoms with Crippen molar-refractivity contribution in [2.24, 2.45) is 5.92 Å². The van der Waals surface area contributed by atoms with Gasteiger partial charge in [0.1, 0.15) is 5.69 Å². The Morgan fingerprint density at radius 2 is 2.00 bits per heavy atom. The molecular formula is C13H20N2O4. The summed E-state index contributed by atoms with van der Waals surface area (Å²) in [6, 6.07) is 4.60. The maximum Gasteiger partial charge on any atom is 0.292 e. The average Bonchev–Trinajstić information content (AvgIpc) is 2.32. The molecule has 1 rings (SSSR count). The van der Waals surface area contributed by atoms with Gasteiger partial charge in [-0.05, 0) is 23.6 Å². The lowest BCUT2D eigenvalue weighted by molar-refractivity contribution is -0.383. The third-order valence-electron chi connectivity index (χ3n) is 2.38. The maximum atomic E-state index is 10.6. The number of nitro groups is 1. The monoisotopic (exact) mass is 268 g/mol. The fourth-order valence-electron chi connectivity index (χ4n) is 1.49. The molecule has 0 atom stereocenters. The number of nitrogen functional groups attached to an aromatic ring is 1. The molecule has 1 aromatic rings. The Bertz CT molecular complexity index is 421. The van der Waals surface area contributed by atoms with Gasteiger partial charge in [-0.3, -0.25) is 10.1 Å². The minimum atomic E-state index is -0.500. The van der Waals surface area contributed by atoms with E-state index in [1.807, 2.05) is 0 Å². The zero-order valence-electron chi connectivity index (χ0n) is 11.3. The van der Waals surface area contributed by atoms with Gasteiger partial charge in [0.05, 0.1) is 24.7 Å². The molecule has 0 aliphatic carbocycles. The Morgan fingerprint density at radius 1 is 1.32 bits per heavy atom. The van der Waals surface area contributed by atoms with E-state index < -0.39 is 4.92 Å². The van der Waals surface area contributed by atoms with E-state index in [0.29, 0.717) is 32.3 Å². The first-order chi connectivity index (χ1) is 9.00. The number of nitrogens with two attached hydrogens (primary N) is 1. The molecular weight excluding hydrogens is 248 g/mol. The highest BCUT2D eigenvalue weighted by atomic mass is 16.6. The molecule has 0 unspecified atom stereocenters. The largest absolute Gasteiger partial charge is 0.393 e. The van der Waals surface area contributed by atoms with E-state index >= 15 is 0 Å². The van der Waals surface area contributed by atoms with Gasteiger partial charge in [-0.1, -0.05) is 13.8 Å². The number of nitro benzene ring substituents is 1. The zero-order chi connectivity index (χ0) is 14.3. The zero-order valence-corrected chi connectivity index (χ0v) is 11.3. The van der Waals surface area contributed by atoms with Crippen molar-refractivity contribution in [3.8, 4) is 0 Å². The highest BCUT2D eigenvalue weighted by Crippen LogP contribution is 2.22. The van der Waals surface area contributed by atoms with Gasteiger partial charge in [0.2, 0.25) is 0 Å². The molecule has 0 saturated carbocycles. The van der Waals surface area contributed by atoms with Crippen molar-refractivity contribution >= 4 is 11.4 Å². The van der Waals surface area contributed by atoms with Gasteiger partial charge in [0.25, 0.3) is 5.69 Å². The number of rotatable bonds is 8. The van der Waals surface area contributed by atoms with Gasteiger partial charge >= 0.3 is 0 Å². The Morgan fingerprint density at radius 3 is 2.58 bits per heavy atom. The second-order valence-corrected chi connectivity index (χ2v) is 4.67. The third kappa shape index (κ3) is 5.67. The van der Waals surface area contributed by atoms with E-state index in [4.69, 9.17) is 15.2 Å². The number of ether oxygens (including phenoxy) is 2. The quantitative estimate of drug-likeness (QED) is 0.338. The van der Waals surface area contributed by atoms with Crippen LogP contribution in [-0.2, 0) is 16.1 Å². The lowest BCUT2D eigenvalue weighted by atomic mass is 10.2. The molecule has 0 spiro atoms. The second kappa shape index (κ2) is 7.70. The molecule has 0 bridgehead atoms. The number of hydrogen-bond acceptors (Lipinski definition) is 5. The first-order valence-corrected chi connectivity index (χ1v) is 6.19. The average molecular weight is 268 g/mol. The van der Waals surface area contributed by atoms with Crippen LogP contribution in [0.4, 0.5) is 11.4 Å². The summed E-state index contributed by atoms with van der Waals surface area (Å²) in [5.41, 5.74) is 6.47. The van der Waals surface area contributed by atoms with Gasteiger partial charge in [-0.2, -0.15) is 0 Å². The van der Waals surface area contributed by atoms with Crippen LogP contribution in [0.1, 0.15) is 19.4 Å². The van der Waals surface area contributed by atoms with Crippen LogP contribution < -0.4 is 5.73 Å². The van der Waals surface area contributed by atoms with Crippen molar-refractivity contribution < 1.29 is 14.4 Å². The van der Waals surface area contributed by atoms with E-state index in [2.05, 4.69) is 13.8 Å². The molecule has 1 aromatic carbocycles. The van der Waals surface area contributed by atoms with Crippen LogP contribution in [0.3, 0.4) is 0 Å². The molecule has 2 N–H and O–H groups in total. The van der Waals surface area contributed by atoms with Crippen LogP contribution in [0.15, 0.2) is 18.2 Å². The van der Waals surface area contributed by atoms with Crippen molar-refractivity contribution in [2.75, 3.05) is 25.6 Å². The van der Waals surface area contributed by atoms with Gasteiger partial charge in [-0.25, -0.2) is 0 Å². The molecule has 0 aliphatic heterocycles. The summed E-state index contributed by atoms with van der Waals surface area (Å²) in [4.78, 5) is 10.1. The normalized spacial score (nSPS) is 10.9. The van der Waals surface area contributed by atoms with E-state index in [1.54, 1.807) is 12.1 Å². The van der Waals surface area contributed by atoms with Crippen LogP contribution >= 0.6 is 0 Å². The summed E-state index contributed by atoms with van der Waals surface area (Å²) in [5.74, 6) is 0.509. The van der Waals surface area contributed by atoms with E-state index in [9.17, 15) is 10.1 Å². The minimum Gasteiger partial charge on any atom is -0.393 e. The molecule has 0 amide bonds. The molecule has 0 aromatic heterocycles. The fraction of sp³-hybridized carbons (Fsp3) is 0.538. The van der Waals surface area contributed by atoms with Crippen molar-refractivity contribution in [1.82, 2.24) is 0 Å². The fourth-order valence-corrected chi connectivity index (χ4v) is 1.49. The van der Waals surface area contributed by atoms with Crippen molar-refractivity contribution in [1.29, 1.82) is 0 Å². The second-order valence-electron chi connectivity index (χ2n) is 4.67. The molecule has 0 fully saturated rings. The van der Waals surface area contributed by atoms with Crippen LogP contribution in [0.2, 0.25) is 0 Å². The van der Waals surface area contributed by atoms with E-state index in [0.717, 1.165) is 5.56 Å². The molecule has 0 radical (unpaired) electrons. The summed E-state index contributed by atoms with van der Waals surface area (Å²) in [7, 11) is 0. The smallest absolute Gasteiger partial charge is 0.292 e. The highest BCUT2D eigenvalue weighted by Gasteiger charge is 2.10. The molecule has 106 valence electrons. The van der Waals surface area contributed by atoms with Gasteiger partial charge < -0.3 is 15.2 Å². The van der Waals surface area contributed by atoms with Crippen LogP contribution in [0.25, 0.3) is 0 Å². The van der Waals surface area contributed by atoms with Gasteiger partial charge in [0.15, 0.2) is 0 Å². The maximum absolute atomic E-state index is 10.6. The Labute approximate surface area is 112 Å². The van der Waals surface area contributed by atoms with Crippen molar-refractivity contribution in [2.45, 2.75) is 20.5 Å². The molecule has 0 saturated heterocycles. The molecule has 19 heavy (non-hydrogen) atoms. The summed E-state index contributed by atoms with van der Waals surface area (Å²) >= 11 is 0. The molecule has 6 nitrogen and oxygen atoms in total. The van der Waals surface area contributed by atoms with E-state index in [-0.39, 0.29) is 11.4 Å². The molecule has 0 heterocycles. The number of nitrogens with zero attached hydrogens (tertiary/aromatic N) is 1. The predicted octanol–water partition coefficient (Wildman–Crippen LogP) is 2.37. The summed E-state index contributed by atoms with van der Waals surface area (Å²) in [5, 5.41) is 10.6. The highest BCUT2D eigenvalue weighted by molar-refractivity contribution is 5.59. The number of anilines is 1. The Hall–Kier alpha value is -1.66. The lowest BCUT2D eigenvalue weighted by Crippen LogP contribution is -2.08. The predicted molar refractivity (Wildman–Crippen MR) is 72.8 cm³/mol. The van der Waals surface area contributed by atoms with Gasteiger partial charge in [-0.15, -0.1) is 0 Å². The molecule has 6 heteroatoms. The summed E-state index contributed by atoms with van der Waals surface area (Å²) < 4.78 is 10.8. The summed E-state index contributed by atoms with van der Waals surface area (Å²) in [6.07, 6.45) is 0. The van der Waals surface area contributed by atoms with Crippen LogP contribution in [-0.4, -0.2) is 24.7 Å². The van der Waals surface area contributed by atoms with E-state index in [1.165, 1.54) is 6.07 Å². The van der Waals surface area contributed by atoms with Crippen LogP contribution in [0, 0.1) is 16.0 Å². The standard InChI is InChI=1S/C13H20N2O4/c1-10(2)8-18-5-6-19-9-11-3-4-13(15(16)17)12(14)7-11/h3-4,7,10H,5-6,8-9,14H2,1-2H3. The van der Waals surface area contributed by atoms with Gasteiger partial charge in [0, 0.05) is 12.7 Å². The lowest BCUT2D eigenvalue weighted by Gasteiger charge is -2.08. The molecule has 0 aliphatic rings. The Kier molecular flexibility index (Phi) is 6.24. The topological polar surface area (TPSA) is 87.6 Å². The summed E-state index contributed by atoms with van der Waals surface area (Å²) in [6.45, 7) is 6.28. The first kappa shape index (κ1) is 15.4. The number of hydrogen-bond donors (Lipinski definition) is 1. The third-order valence-corrected chi connectivity index (χ3v) is 2.38. The van der Waals surface area contributed by atoms with Crippen molar-refractivity contribution in [3.63, 3.8) is 0 Å².